The summed E-state index contributed by atoms with van der Waals surface area (Å²) in [5.41, 5.74) is 1.71. The van der Waals surface area contributed by atoms with Crippen LogP contribution in [0.2, 0.25) is 0 Å². The topological polar surface area (TPSA) is 43.6 Å². The summed E-state index contributed by atoms with van der Waals surface area (Å²) in [7, 11) is 1.91. The third-order valence-corrected chi connectivity index (χ3v) is 1.38. The highest BCUT2D eigenvalue weighted by molar-refractivity contribution is 5.68. The van der Waals surface area contributed by atoms with E-state index in [1.807, 2.05) is 11.6 Å². The van der Waals surface area contributed by atoms with E-state index < -0.39 is 0 Å². The van der Waals surface area contributed by atoms with Crippen LogP contribution in [0.1, 0.15) is 0 Å². The Kier molecular flexibility index (Phi) is 0.943. The lowest BCUT2D eigenvalue weighted by Crippen LogP contribution is -1.86. The maximum absolute atomic E-state index is 4.06. The van der Waals surface area contributed by atoms with Crippen LogP contribution in [0.15, 0.2) is 18.9 Å². The van der Waals surface area contributed by atoms with Gasteiger partial charge in [0.05, 0.1) is 12.5 Å². The summed E-state index contributed by atoms with van der Waals surface area (Å²) in [6.07, 6.45) is 4.94. The molecule has 0 radical (unpaired) electrons. The SMILES string of the molecule is Cn1cnc2cncnc21. The van der Waals surface area contributed by atoms with Crippen LogP contribution in [-0.4, -0.2) is 19.5 Å². The minimum Gasteiger partial charge on any atom is -0.318 e. The number of nitrogens with zero attached hydrogens (tertiary/aromatic N) is 4. The fourth-order valence-corrected chi connectivity index (χ4v) is 0.882. The maximum atomic E-state index is 4.06. The molecule has 0 bridgehead atoms. The van der Waals surface area contributed by atoms with Crippen LogP contribution in [0, 0.1) is 0 Å². The Morgan fingerprint density at radius 2 is 2.30 bits per heavy atom. The van der Waals surface area contributed by atoms with E-state index in [1.165, 1.54) is 6.33 Å². The molecule has 0 N–H and O–H groups in total. The van der Waals surface area contributed by atoms with Gasteiger partial charge in [0.15, 0.2) is 5.65 Å². The Morgan fingerprint density at radius 3 is 3.10 bits per heavy atom. The average molecular weight is 134 g/mol. The van der Waals surface area contributed by atoms with Crippen LogP contribution in [-0.2, 0) is 7.05 Å². The van der Waals surface area contributed by atoms with Crippen LogP contribution >= 0.6 is 0 Å². The van der Waals surface area contributed by atoms with Crippen LogP contribution in [0.25, 0.3) is 11.2 Å². The molecule has 0 spiro atoms. The zero-order chi connectivity index (χ0) is 6.97. The number of hydrogen-bond acceptors (Lipinski definition) is 3. The molecule has 0 atom stereocenters. The van der Waals surface area contributed by atoms with Crippen molar-refractivity contribution in [2.75, 3.05) is 0 Å². The lowest BCUT2D eigenvalue weighted by Gasteiger charge is -1.88. The van der Waals surface area contributed by atoms with Crippen molar-refractivity contribution in [3.05, 3.63) is 18.9 Å². The van der Waals surface area contributed by atoms with Crippen LogP contribution in [0.3, 0.4) is 0 Å². The van der Waals surface area contributed by atoms with E-state index in [9.17, 15) is 0 Å². The molecule has 2 heterocycles. The second-order valence-corrected chi connectivity index (χ2v) is 2.09. The molecule has 2 rings (SSSR count). The Hall–Kier alpha value is -1.45. The average Bonchev–Trinajstić information content (AvgIpc) is 2.34. The Morgan fingerprint density at radius 1 is 1.40 bits per heavy atom. The number of rotatable bonds is 0. The Balaban J connectivity index is 2.93. The summed E-state index contributed by atoms with van der Waals surface area (Å²) >= 11 is 0. The lowest BCUT2D eigenvalue weighted by atomic mass is 10.6. The van der Waals surface area contributed by atoms with Gasteiger partial charge >= 0.3 is 0 Å². The lowest BCUT2D eigenvalue weighted by molar-refractivity contribution is 0.928. The normalized spacial score (nSPS) is 10.5. The number of imidazole rings is 1. The first kappa shape index (κ1) is 5.34. The highest BCUT2D eigenvalue weighted by atomic mass is 15.1. The van der Waals surface area contributed by atoms with Gasteiger partial charge in [0.25, 0.3) is 0 Å². The molecule has 50 valence electrons. The molecule has 0 aliphatic heterocycles. The van der Waals surface area contributed by atoms with Crippen LogP contribution in [0.5, 0.6) is 0 Å². The van der Waals surface area contributed by atoms with Crippen molar-refractivity contribution < 1.29 is 0 Å². The van der Waals surface area contributed by atoms with E-state index in [0.717, 1.165) is 11.2 Å². The summed E-state index contributed by atoms with van der Waals surface area (Å²) < 4.78 is 1.86. The highest BCUT2D eigenvalue weighted by Crippen LogP contribution is 2.03. The van der Waals surface area contributed by atoms with Crippen molar-refractivity contribution in [3.8, 4) is 0 Å². The fraction of sp³-hybridized carbons (Fsp3) is 0.167. The Labute approximate surface area is 57.6 Å². The Bertz CT molecular complexity index is 351. The molecule has 0 unspecified atom stereocenters. The second-order valence-electron chi connectivity index (χ2n) is 2.09. The molecule has 0 aromatic carbocycles. The van der Waals surface area contributed by atoms with Crippen LogP contribution < -0.4 is 0 Å². The van der Waals surface area contributed by atoms with Gasteiger partial charge in [0.1, 0.15) is 11.8 Å². The van der Waals surface area contributed by atoms with Gasteiger partial charge in [-0.25, -0.2) is 15.0 Å². The molecule has 0 aliphatic carbocycles. The predicted octanol–water partition coefficient (Wildman–Crippen LogP) is 0.363. The summed E-state index contributed by atoms with van der Waals surface area (Å²) in [6, 6.07) is 0. The molecule has 0 saturated carbocycles. The van der Waals surface area contributed by atoms with Gasteiger partial charge in [-0.1, -0.05) is 0 Å². The summed E-state index contributed by atoms with van der Waals surface area (Å²) in [6.45, 7) is 0. The predicted molar refractivity (Wildman–Crippen MR) is 36.3 cm³/mol. The van der Waals surface area contributed by atoms with Gasteiger partial charge in [-0.05, 0) is 0 Å². The first-order chi connectivity index (χ1) is 4.88. The zero-order valence-corrected chi connectivity index (χ0v) is 5.52. The minimum atomic E-state index is 0.838. The molecule has 0 fully saturated rings. The molecular weight excluding hydrogens is 128 g/mol. The largest absolute Gasteiger partial charge is 0.318 e. The van der Waals surface area contributed by atoms with Crippen molar-refractivity contribution in [1.82, 2.24) is 19.5 Å². The van der Waals surface area contributed by atoms with Gasteiger partial charge in [-0.2, -0.15) is 0 Å². The number of aromatic nitrogens is 4. The van der Waals surface area contributed by atoms with E-state index in [2.05, 4.69) is 15.0 Å². The number of fused-ring (bicyclic) bond motifs is 1. The maximum Gasteiger partial charge on any atom is 0.162 e. The van der Waals surface area contributed by atoms with Gasteiger partial charge in [0.2, 0.25) is 0 Å². The molecular formula is C6H6N4. The molecule has 0 saturated heterocycles. The number of aryl methyl sites for hydroxylation is 1. The van der Waals surface area contributed by atoms with E-state index in [1.54, 1.807) is 12.5 Å². The quantitative estimate of drug-likeness (QED) is 0.522. The third-order valence-electron chi connectivity index (χ3n) is 1.38. The minimum absolute atomic E-state index is 0.838. The molecule has 0 aliphatic rings. The van der Waals surface area contributed by atoms with Gasteiger partial charge in [0, 0.05) is 7.05 Å². The standard InChI is InChI=1S/C6H6N4/c1-10-4-9-5-2-7-3-8-6(5)10/h2-4H,1H3. The fourth-order valence-electron chi connectivity index (χ4n) is 0.882. The molecule has 10 heavy (non-hydrogen) atoms. The summed E-state index contributed by atoms with van der Waals surface area (Å²) in [4.78, 5) is 11.9. The monoisotopic (exact) mass is 134 g/mol. The van der Waals surface area contributed by atoms with Gasteiger partial charge in [-0.15, -0.1) is 0 Å². The summed E-state index contributed by atoms with van der Waals surface area (Å²) in [5.74, 6) is 0. The smallest absolute Gasteiger partial charge is 0.162 e. The van der Waals surface area contributed by atoms with E-state index in [4.69, 9.17) is 0 Å². The zero-order valence-electron chi connectivity index (χ0n) is 5.52. The van der Waals surface area contributed by atoms with Crippen LogP contribution in [0.4, 0.5) is 0 Å². The van der Waals surface area contributed by atoms with E-state index >= 15 is 0 Å². The molecule has 2 aromatic heterocycles. The highest BCUT2D eigenvalue weighted by Gasteiger charge is 1.96. The molecule has 0 amide bonds. The van der Waals surface area contributed by atoms with E-state index in [0.29, 0.717) is 0 Å². The van der Waals surface area contributed by atoms with Crippen molar-refractivity contribution in [2.45, 2.75) is 0 Å². The van der Waals surface area contributed by atoms with Crippen molar-refractivity contribution in [2.24, 2.45) is 7.05 Å². The summed E-state index contributed by atoms with van der Waals surface area (Å²) in [5, 5.41) is 0. The molecule has 2 aromatic rings. The first-order valence-corrected chi connectivity index (χ1v) is 2.95. The molecule has 4 heteroatoms. The number of hydrogen-bond donors (Lipinski definition) is 0. The molecule has 4 nitrogen and oxygen atoms in total. The van der Waals surface area contributed by atoms with Gasteiger partial charge in [-0.3, -0.25) is 0 Å². The second kappa shape index (κ2) is 1.76. The van der Waals surface area contributed by atoms with E-state index in [-0.39, 0.29) is 0 Å². The first-order valence-electron chi connectivity index (χ1n) is 2.95. The van der Waals surface area contributed by atoms with Crippen molar-refractivity contribution >= 4 is 11.2 Å². The third kappa shape index (κ3) is 0.586. The van der Waals surface area contributed by atoms with Crippen molar-refractivity contribution in [1.29, 1.82) is 0 Å². The van der Waals surface area contributed by atoms with Gasteiger partial charge < -0.3 is 4.57 Å². The van der Waals surface area contributed by atoms with Crippen molar-refractivity contribution in [3.63, 3.8) is 0 Å².